The SMILES string of the molecule is CN=C(NCc1cn2ccsc2n1)NCc1ccnn1C.I. The highest BCUT2D eigenvalue weighted by molar-refractivity contribution is 14.0. The minimum absolute atomic E-state index is 0. The Bertz CT molecular complexity index is 729. The highest BCUT2D eigenvalue weighted by atomic mass is 127. The van der Waals surface area contributed by atoms with Crippen molar-refractivity contribution in [2.45, 2.75) is 13.1 Å². The van der Waals surface area contributed by atoms with Crippen molar-refractivity contribution < 1.29 is 0 Å². The third-order valence-corrected chi connectivity index (χ3v) is 3.93. The standard InChI is InChI=1S/C13H17N7S.HI/c1-14-12(16-8-11-3-4-17-19(11)2)15-7-10-9-20-5-6-21-13(20)18-10;/h3-6,9H,7-8H2,1-2H3,(H2,14,15,16);1H. The summed E-state index contributed by atoms with van der Waals surface area (Å²) in [6.07, 6.45) is 5.81. The quantitative estimate of drug-likeness (QED) is 0.374. The minimum Gasteiger partial charge on any atom is -0.351 e. The number of aliphatic imine (C=N–C) groups is 1. The van der Waals surface area contributed by atoms with Gasteiger partial charge in [-0.15, -0.1) is 35.3 Å². The molecule has 0 unspecified atom stereocenters. The summed E-state index contributed by atoms with van der Waals surface area (Å²) in [6, 6.07) is 1.98. The van der Waals surface area contributed by atoms with E-state index in [-0.39, 0.29) is 24.0 Å². The van der Waals surface area contributed by atoms with E-state index in [1.807, 2.05) is 40.0 Å². The molecule has 0 aromatic carbocycles. The van der Waals surface area contributed by atoms with E-state index in [0.29, 0.717) is 13.1 Å². The third-order valence-electron chi connectivity index (χ3n) is 3.16. The lowest BCUT2D eigenvalue weighted by Crippen LogP contribution is -2.36. The number of nitrogens with one attached hydrogen (secondary N) is 2. The van der Waals surface area contributed by atoms with Gasteiger partial charge in [0.25, 0.3) is 0 Å². The van der Waals surface area contributed by atoms with Crippen LogP contribution in [0.25, 0.3) is 4.96 Å². The molecule has 0 aliphatic heterocycles. The lowest BCUT2D eigenvalue weighted by molar-refractivity contribution is 0.684. The molecular weight excluding hydrogens is 413 g/mol. The average molecular weight is 431 g/mol. The van der Waals surface area contributed by atoms with Crippen molar-refractivity contribution >= 4 is 46.2 Å². The number of aromatic nitrogens is 4. The predicted octanol–water partition coefficient (Wildman–Crippen LogP) is 1.61. The Morgan fingerprint density at radius 3 is 2.86 bits per heavy atom. The number of guanidine groups is 1. The monoisotopic (exact) mass is 431 g/mol. The van der Waals surface area contributed by atoms with E-state index in [4.69, 9.17) is 0 Å². The Hall–Kier alpha value is -1.62. The van der Waals surface area contributed by atoms with Crippen LogP contribution in [-0.4, -0.2) is 32.2 Å². The van der Waals surface area contributed by atoms with Gasteiger partial charge in [0.15, 0.2) is 10.9 Å². The van der Waals surface area contributed by atoms with E-state index in [1.54, 1.807) is 24.6 Å². The maximum absolute atomic E-state index is 4.53. The Balaban J connectivity index is 0.00000176. The zero-order chi connectivity index (χ0) is 14.7. The molecule has 0 bridgehead atoms. The van der Waals surface area contributed by atoms with Crippen LogP contribution in [0.1, 0.15) is 11.4 Å². The van der Waals surface area contributed by atoms with Crippen LogP contribution in [0.3, 0.4) is 0 Å². The summed E-state index contributed by atoms with van der Waals surface area (Å²) in [7, 11) is 3.68. The number of fused-ring (bicyclic) bond motifs is 1. The first kappa shape index (κ1) is 16.7. The van der Waals surface area contributed by atoms with Crippen LogP contribution >= 0.6 is 35.3 Å². The Morgan fingerprint density at radius 1 is 1.36 bits per heavy atom. The molecule has 0 saturated carbocycles. The van der Waals surface area contributed by atoms with Crippen molar-refractivity contribution in [1.29, 1.82) is 0 Å². The molecule has 9 heteroatoms. The van der Waals surface area contributed by atoms with E-state index < -0.39 is 0 Å². The summed E-state index contributed by atoms with van der Waals surface area (Å²) in [5.74, 6) is 0.743. The Morgan fingerprint density at radius 2 is 2.18 bits per heavy atom. The van der Waals surface area contributed by atoms with Crippen LogP contribution in [-0.2, 0) is 20.1 Å². The molecule has 0 aliphatic rings. The number of hydrogen-bond acceptors (Lipinski definition) is 4. The molecular formula is C13H18IN7S. The highest BCUT2D eigenvalue weighted by Gasteiger charge is 2.05. The van der Waals surface area contributed by atoms with E-state index in [1.165, 1.54) is 0 Å². The van der Waals surface area contributed by atoms with Crippen LogP contribution in [0.2, 0.25) is 0 Å². The normalized spacial score (nSPS) is 11.5. The van der Waals surface area contributed by atoms with E-state index >= 15 is 0 Å². The molecule has 22 heavy (non-hydrogen) atoms. The maximum Gasteiger partial charge on any atom is 0.193 e. The van der Waals surface area contributed by atoms with Crippen molar-refractivity contribution in [2.24, 2.45) is 12.0 Å². The second-order valence-electron chi connectivity index (χ2n) is 4.55. The molecule has 0 fully saturated rings. The van der Waals surface area contributed by atoms with Crippen LogP contribution in [0.15, 0.2) is 35.0 Å². The first-order valence-electron chi connectivity index (χ1n) is 6.59. The van der Waals surface area contributed by atoms with Gasteiger partial charge in [0.2, 0.25) is 0 Å². The fourth-order valence-electron chi connectivity index (χ4n) is 2.01. The largest absolute Gasteiger partial charge is 0.351 e. The zero-order valence-electron chi connectivity index (χ0n) is 12.4. The van der Waals surface area contributed by atoms with Crippen LogP contribution in [0.4, 0.5) is 0 Å². The number of hydrogen-bond donors (Lipinski definition) is 2. The van der Waals surface area contributed by atoms with Crippen molar-refractivity contribution in [3.63, 3.8) is 0 Å². The molecule has 118 valence electrons. The first-order valence-corrected chi connectivity index (χ1v) is 7.46. The van der Waals surface area contributed by atoms with Gasteiger partial charge in [-0.1, -0.05) is 0 Å². The fraction of sp³-hybridized carbons (Fsp3) is 0.308. The molecule has 3 aromatic heterocycles. The molecule has 0 radical (unpaired) electrons. The van der Waals surface area contributed by atoms with Crippen molar-refractivity contribution in [3.05, 3.63) is 41.4 Å². The van der Waals surface area contributed by atoms with Gasteiger partial charge in [-0.05, 0) is 6.07 Å². The summed E-state index contributed by atoms with van der Waals surface area (Å²) >= 11 is 1.63. The van der Waals surface area contributed by atoms with Gasteiger partial charge < -0.3 is 10.6 Å². The average Bonchev–Trinajstić information content (AvgIpc) is 3.15. The molecule has 3 rings (SSSR count). The molecule has 0 spiro atoms. The van der Waals surface area contributed by atoms with Gasteiger partial charge in [-0.3, -0.25) is 14.1 Å². The van der Waals surface area contributed by atoms with Crippen LogP contribution < -0.4 is 10.6 Å². The van der Waals surface area contributed by atoms with Gasteiger partial charge in [0, 0.05) is 38.1 Å². The van der Waals surface area contributed by atoms with Crippen molar-refractivity contribution in [1.82, 2.24) is 29.8 Å². The maximum atomic E-state index is 4.53. The number of halogens is 1. The van der Waals surface area contributed by atoms with E-state index in [2.05, 4.69) is 25.7 Å². The number of imidazole rings is 1. The molecule has 0 aliphatic carbocycles. The van der Waals surface area contributed by atoms with Gasteiger partial charge in [-0.2, -0.15) is 5.10 Å². The van der Waals surface area contributed by atoms with Gasteiger partial charge in [0.1, 0.15) is 0 Å². The number of thiazole rings is 1. The minimum atomic E-state index is 0. The number of aryl methyl sites for hydroxylation is 1. The van der Waals surface area contributed by atoms with Crippen LogP contribution in [0.5, 0.6) is 0 Å². The summed E-state index contributed by atoms with van der Waals surface area (Å²) < 4.78 is 3.86. The number of rotatable bonds is 4. The molecule has 0 atom stereocenters. The highest BCUT2D eigenvalue weighted by Crippen LogP contribution is 2.10. The molecule has 7 nitrogen and oxygen atoms in total. The third kappa shape index (κ3) is 3.77. The predicted molar refractivity (Wildman–Crippen MR) is 98.7 cm³/mol. The van der Waals surface area contributed by atoms with E-state index in [9.17, 15) is 0 Å². The first-order chi connectivity index (χ1) is 10.3. The van der Waals surface area contributed by atoms with Gasteiger partial charge in [-0.25, -0.2) is 4.98 Å². The molecule has 3 heterocycles. The number of nitrogens with zero attached hydrogens (tertiary/aromatic N) is 5. The zero-order valence-corrected chi connectivity index (χ0v) is 15.5. The van der Waals surface area contributed by atoms with Gasteiger partial charge >= 0.3 is 0 Å². The van der Waals surface area contributed by atoms with E-state index in [0.717, 1.165) is 22.3 Å². The smallest absolute Gasteiger partial charge is 0.193 e. The molecule has 0 amide bonds. The van der Waals surface area contributed by atoms with Crippen LogP contribution in [0, 0.1) is 0 Å². The Labute approximate surface area is 149 Å². The molecule has 3 aromatic rings. The molecule has 2 N–H and O–H groups in total. The summed E-state index contributed by atoms with van der Waals surface area (Å²) in [6.45, 7) is 1.31. The lowest BCUT2D eigenvalue weighted by Gasteiger charge is -2.10. The fourth-order valence-corrected chi connectivity index (χ4v) is 2.72. The Kier molecular flexibility index (Phi) is 5.77. The van der Waals surface area contributed by atoms with Crippen molar-refractivity contribution in [3.8, 4) is 0 Å². The second kappa shape index (κ2) is 7.58. The lowest BCUT2D eigenvalue weighted by atomic mass is 10.4. The van der Waals surface area contributed by atoms with Crippen molar-refractivity contribution in [2.75, 3.05) is 7.05 Å². The van der Waals surface area contributed by atoms with Gasteiger partial charge in [0.05, 0.1) is 24.5 Å². The summed E-state index contributed by atoms with van der Waals surface area (Å²) in [5.41, 5.74) is 2.09. The summed E-state index contributed by atoms with van der Waals surface area (Å²) in [5, 5.41) is 12.7. The second-order valence-corrected chi connectivity index (χ2v) is 5.42. The summed E-state index contributed by atoms with van der Waals surface area (Å²) in [4.78, 5) is 9.74. The topological polar surface area (TPSA) is 71.5 Å². The molecule has 0 saturated heterocycles.